The van der Waals surface area contributed by atoms with E-state index >= 15 is 0 Å². The Morgan fingerprint density at radius 2 is 1.94 bits per heavy atom. The fraction of sp³-hybridized carbons (Fsp3) is 0.923. The molecular formula is C13H25ClN2O. The van der Waals surface area contributed by atoms with Gasteiger partial charge < -0.3 is 10.1 Å². The number of hydrogen-bond donors (Lipinski definition) is 1. The van der Waals surface area contributed by atoms with Crippen molar-refractivity contribution < 1.29 is 5.21 Å². The SMILES string of the molecule is CC1C(=NO)C(CN(C)C)C2CC1C2(C)C.Cl. The minimum Gasteiger partial charge on any atom is -0.411 e. The third-order valence-corrected chi connectivity index (χ3v) is 5.03. The number of fused-ring (bicyclic) bond motifs is 2. The lowest BCUT2D eigenvalue weighted by Gasteiger charge is -2.63. The number of hydrogen-bond acceptors (Lipinski definition) is 3. The molecule has 4 heteroatoms. The van der Waals surface area contributed by atoms with E-state index in [-0.39, 0.29) is 12.4 Å². The zero-order valence-corrected chi connectivity index (χ0v) is 12.3. The van der Waals surface area contributed by atoms with Crippen molar-refractivity contribution in [1.29, 1.82) is 0 Å². The van der Waals surface area contributed by atoms with Gasteiger partial charge in [-0.05, 0) is 37.8 Å². The van der Waals surface area contributed by atoms with Crippen molar-refractivity contribution in [2.45, 2.75) is 27.2 Å². The highest BCUT2D eigenvalue weighted by atomic mass is 35.5. The highest BCUT2D eigenvalue weighted by Gasteiger charge is 2.59. The maximum Gasteiger partial charge on any atom is 0.0648 e. The zero-order valence-electron chi connectivity index (χ0n) is 11.5. The molecule has 3 aliphatic carbocycles. The Kier molecular flexibility index (Phi) is 4.15. The van der Waals surface area contributed by atoms with E-state index in [0.29, 0.717) is 29.1 Å². The monoisotopic (exact) mass is 260 g/mol. The van der Waals surface area contributed by atoms with E-state index in [2.05, 4.69) is 44.9 Å². The van der Waals surface area contributed by atoms with E-state index in [1.807, 2.05) is 0 Å². The van der Waals surface area contributed by atoms with Crippen LogP contribution in [0.25, 0.3) is 0 Å². The maximum absolute atomic E-state index is 9.22. The van der Waals surface area contributed by atoms with Crippen LogP contribution in [0.15, 0.2) is 5.16 Å². The van der Waals surface area contributed by atoms with Crippen LogP contribution in [0.4, 0.5) is 0 Å². The third-order valence-electron chi connectivity index (χ3n) is 5.03. The second-order valence-corrected chi connectivity index (χ2v) is 6.45. The Balaban J connectivity index is 0.00000144. The first-order valence-corrected chi connectivity index (χ1v) is 6.26. The average molecular weight is 261 g/mol. The Morgan fingerprint density at radius 3 is 2.35 bits per heavy atom. The van der Waals surface area contributed by atoms with Gasteiger partial charge in [0, 0.05) is 18.4 Å². The van der Waals surface area contributed by atoms with Crippen molar-refractivity contribution in [2.75, 3.05) is 20.6 Å². The first-order chi connectivity index (χ1) is 7.39. The van der Waals surface area contributed by atoms with Crippen LogP contribution >= 0.6 is 12.4 Å². The summed E-state index contributed by atoms with van der Waals surface area (Å²) in [6.07, 6.45) is 1.31. The third kappa shape index (κ3) is 2.08. The molecule has 0 aromatic rings. The molecule has 0 saturated heterocycles. The van der Waals surface area contributed by atoms with E-state index < -0.39 is 0 Å². The molecule has 0 aromatic heterocycles. The molecule has 3 fully saturated rings. The van der Waals surface area contributed by atoms with Gasteiger partial charge in [0.2, 0.25) is 0 Å². The minimum atomic E-state index is 0. The Hall–Kier alpha value is -0.280. The first-order valence-electron chi connectivity index (χ1n) is 6.26. The predicted molar refractivity (Wildman–Crippen MR) is 73.1 cm³/mol. The summed E-state index contributed by atoms with van der Waals surface area (Å²) in [7, 11) is 4.19. The van der Waals surface area contributed by atoms with Gasteiger partial charge in [0.25, 0.3) is 0 Å². The molecule has 3 saturated carbocycles. The number of halogens is 1. The van der Waals surface area contributed by atoms with Crippen molar-refractivity contribution in [3.8, 4) is 0 Å². The summed E-state index contributed by atoms with van der Waals surface area (Å²) in [6.45, 7) is 7.97. The number of oxime groups is 1. The summed E-state index contributed by atoms with van der Waals surface area (Å²) in [5, 5.41) is 12.8. The molecule has 17 heavy (non-hydrogen) atoms. The topological polar surface area (TPSA) is 35.8 Å². The molecule has 3 aliphatic rings. The van der Waals surface area contributed by atoms with Crippen molar-refractivity contribution >= 4 is 18.1 Å². The van der Waals surface area contributed by atoms with Crippen LogP contribution in [0.2, 0.25) is 0 Å². The second-order valence-electron chi connectivity index (χ2n) is 6.45. The lowest BCUT2D eigenvalue weighted by atomic mass is 9.42. The molecular weight excluding hydrogens is 236 g/mol. The van der Waals surface area contributed by atoms with Gasteiger partial charge in [-0.1, -0.05) is 25.9 Å². The van der Waals surface area contributed by atoms with Crippen molar-refractivity contribution in [3.63, 3.8) is 0 Å². The first kappa shape index (κ1) is 14.8. The van der Waals surface area contributed by atoms with Crippen LogP contribution in [-0.4, -0.2) is 36.5 Å². The quantitative estimate of drug-likeness (QED) is 0.612. The average Bonchev–Trinajstić information content (AvgIpc) is 2.15. The molecule has 0 spiro atoms. The molecule has 0 aliphatic heterocycles. The van der Waals surface area contributed by atoms with E-state index in [1.165, 1.54) is 6.42 Å². The summed E-state index contributed by atoms with van der Waals surface area (Å²) >= 11 is 0. The highest BCUT2D eigenvalue weighted by molar-refractivity contribution is 5.91. The van der Waals surface area contributed by atoms with Crippen LogP contribution in [0.1, 0.15) is 27.2 Å². The molecule has 0 amide bonds. The van der Waals surface area contributed by atoms with E-state index in [9.17, 15) is 5.21 Å². The fourth-order valence-corrected chi connectivity index (χ4v) is 4.06. The molecule has 0 heterocycles. The summed E-state index contributed by atoms with van der Waals surface area (Å²) in [6, 6.07) is 0. The van der Waals surface area contributed by atoms with Gasteiger partial charge in [-0.2, -0.15) is 0 Å². The van der Waals surface area contributed by atoms with Crippen molar-refractivity contribution in [1.82, 2.24) is 4.90 Å². The molecule has 4 atom stereocenters. The Morgan fingerprint density at radius 1 is 1.35 bits per heavy atom. The lowest BCUT2D eigenvalue weighted by Crippen LogP contribution is -2.61. The fourth-order valence-electron chi connectivity index (χ4n) is 4.06. The summed E-state index contributed by atoms with van der Waals surface area (Å²) in [5.74, 6) is 2.29. The maximum atomic E-state index is 9.22. The molecule has 100 valence electrons. The van der Waals surface area contributed by atoms with Crippen molar-refractivity contribution in [3.05, 3.63) is 0 Å². The number of rotatable bonds is 2. The van der Waals surface area contributed by atoms with Gasteiger partial charge in [0.05, 0.1) is 5.71 Å². The summed E-state index contributed by atoms with van der Waals surface area (Å²) in [4.78, 5) is 2.21. The van der Waals surface area contributed by atoms with Crippen LogP contribution in [0.5, 0.6) is 0 Å². The van der Waals surface area contributed by atoms with Crippen LogP contribution in [0.3, 0.4) is 0 Å². The lowest BCUT2D eigenvalue weighted by molar-refractivity contribution is -0.0855. The Bertz CT molecular complexity index is 315. The highest BCUT2D eigenvalue weighted by Crippen LogP contribution is 2.62. The molecule has 3 rings (SSSR count). The zero-order chi connectivity index (χ0) is 12.1. The normalized spacial score (nSPS) is 40.9. The molecule has 3 nitrogen and oxygen atoms in total. The summed E-state index contributed by atoms with van der Waals surface area (Å²) in [5.41, 5.74) is 1.46. The van der Waals surface area contributed by atoms with Gasteiger partial charge >= 0.3 is 0 Å². The van der Waals surface area contributed by atoms with E-state index in [0.717, 1.165) is 12.3 Å². The molecule has 0 radical (unpaired) electrons. The molecule has 0 aromatic carbocycles. The predicted octanol–water partition coefficient (Wildman–Crippen LogP) is 2.73. The van der Waals surface area contributed by atoms with Gasteiger partial charge in [-0.15, -0.1) is 12.4 Å². The van der Waals surface area contributed by atoms with Crippen LogP contribution in [0, 0.1) is 29.1 Å². The van der Waals surface area contributed by atoms with Gasteiger partial charge in [-0.25, -0.2) is 0 Å². The standard InChI is InChI=1S/C13H24N2O.ClH/c1-8-10-6-11(13(10,2)3)9(7-15(4)5)12(8)14-16;/h8-11,16H,6-7H2,1-5H3;1H. The van der Waals surface area contributed by atoms with Gasteiger partial charge in [0.1, 0.15) is 0 Å². The smallest absolute Gasteiger partial charge is 0.0648 e. The van der Waals surface area contributed by atoms with E-state index in [4.69, 9.17) is 0 Å². The molecule has 4 unspecified atom stereocenters. The van der Waals surface area contributed by atoms with Gasteiger partial charge in [-0.3, -0.25) is 0 Å². The van der Waals surface area contributed by atoms with Crippen molar-refractivity contribution in [2.24, 2.45) is 34.2 Å². The van der Waals surface area contributed by atoms with Crippen LogP contribution in [-0.2, 0) is 0 Å². The number of nitrogens with zero attached hydrogens (tertiary/aromatic N) is 2. The largest absolute Gasteiger partial charge is 0.411 e. The Labute approximate surface area is 111 Å². The minimum absolute atomic E-state index is 0. The molecule has 1 N–H and O–H groups in total. The molecule has 2 bridgehead atoms. The van der Waals surface area contributed by atoms with E-state index in [1.54, 1.807) is 0 Å². The summed E-state index contributed by atoms with van der Waals surface area (Å²) < 4.78 is 0. The second kappa shape index (κ2) is 4.77. The van der Waals surface area contributed by atoms with Crippen LogP contribution < -0.4 is 0 Å². The van der Waals surface area contributed by atoms with Gasteiger partial charge in [0.15, 0.2) is 0 Å².